The number of nitrogens with zero attached hydrogens (tertiary/aromatic N) is 2. The molecule has 0 aromatic heterocycles. The molecule has 1 aliphatic heterocycles. The molecule has 2 aromatic carbocycles. The van der Waals surface area contributed by atoms with Crippen LogP contribution in [0.25, 0.3) is 0 Å². The maximum atomic E-state index is 13.4. The van der Waals surface area contributed by atoms with Crippen LogP contribution < -0.4 is 5.32 Å². The summed E-state index contributed by atoms with van der Waals surface area (Å²) in [6, 6.07) is 12.1. The number of benzene rings is 2. The quantitative estimate of drug-likeness (QED) is 0.751. The highest BCUT2D eigenvalue weighted by Gasteiger charge is 2.29. The molecule has 1 amide bonds. The van der Waals surface area contributed by atoms with Crippen molar-refractivity contribution in [3.05, 3.63) is 64.9 Å². The van der Waals surface area contributed by atoms with Gasteiger partial charge in [-0.3, -0.25) is 9.69 Å². The molecule has 1 saturated heterocycles. The van der Waals surface area contributed by atoms with E-state index < -0.39 is 15.8 Å². The van der Waals surface area contributed by atoms with Gasteiger partial charge in [-0.25, -0.2) is 12.8 Å². The highest BCUT2D eigenvalue weighted by atomic mass is 35.5. The molecule has 0 bridgehead atoms. The first-order valence-corrected chi connectivity index (χ1v) is 11.1. The molecular weight excluding hydrogens is 417 g/mol. The predicted molar refractivity (Wildman–Crippen MR) is 110 cm³/mol. The fourth-order valence-corrected chi connectivity index (χ4v) is 4.91. The lowest BCUT2D eigenvalue weighted by Gasteiger charge is -2.33. The topological polar surface area (TPSA) is 69.7 Å². The molecule has 9 heteroatoms. The summed E-state index contributed by atoms with van der Waals surface area (Å²) in [4.78, 5) is 14.2. The summed E-state index contributed by atoms with van der Waals surface area (Å²) >= 11 is 5.99. The third kappa shape index (κ3) is 5.54. The summed E-state index contributed by atoms with van der Waals surface area (Å²) < 4.78 is 40.0. The predicted octanol–water partition coefficient (Wildman–Crippen LogP) is 2.66. The number of carbonyl (C=O) groups excluding carboxylic acids is 1. The van der Waals surface area contributed by atoms with Crippen LogP contribution in [0.2, 0.25) is 5.02 Å². The van der Waals surface area contributed by atoms with E-state index in [1.165, 1.54) is 22.5 Å². The van der Waals surface area contributed by atoms with Crippen molar-refractivity contribution in [1.29, 1.82) is 0 Å². The molecule has 0 aliphatic carbocycles. The summed E-state index contributed by atoms with van der Waals surface area (Å²) in [5.74, 6) is -0.728. The smallest absolute Gasteiger partial charge is 0.243 e. The molecule has 2 aromatic rings. The Morgan fingerprint density at radius 2 is 1.83 bits per heavy atom. The van der Waals surface area contributed by atoms with E-state index >= 15 is 0 Å². The number of hydrogen-bond donors (Lipinski definition) is 1. The Kier molecular flexibility index (Phi) is 6.89. The second-order valence-electron chi connectivity index (χ2n) is 6.98. The zero-order valence-electron chi connectivity index (χ0n) is 16.0. The molecule has 0 saturated carbocycles. The molecule has 1 heterocycles. The van der Waals surface area contributed by atoms with Gasteiger partial charge in [0.05, 0.1) is 17.5 Å². The fraction of sp³-hybridized carbons (Fsp3) is 0.350. The minimum absolute atomic E-state index is 0.0564. The van der Waals surface area contributed by atoms with Crippen LogP contribution in [-0.2, 0) is 14.8 Å². The van der Waals surface area contributed by atoms with Gasteiger partial charge in [-0.15, -0.1) is 0 Å². The maximum Gasteiger partial charge on any atom is 0.243 e. The first-order valence-electron chi connectivity index (χ1n) is 9.28. The van der Waals surface area contributed by atoms with Crippen LogP contribution in [0.4, 0.5) is 4.39 Å². The van der Waals surface area contributed by atoms with E-state index in [2.05, 4.69) is 5.32 Å². The molecule has 1 atom stereocenters. The van der Waals surface area contributed by atoms with Gasteiger partial charge in [-0.2, -0.15) is 4.31 Å². The number of carbonyl (C=O) groups is 1. The van der Waals surface area contributed by atoms with Crippen LogP contribution in [0.3, 0.4) is 0 Å². The summed E-state index contributed by atoms with van der Waals surface area (Å²) in [5.41, 5.74) is 0.914. The summed E-state index contributed by atoms with van der Waals surface area (Å²) in [5, 5.41) is 3.54. The van der Waals surface area contributed by atoms with Gasteiger partial charge in [0.25, 0.3) is 0 Å². The number of piperazine rings is 1. The van der Waals surface area contributed by atoms with E-state index in [0.29, 0.717) is 18.1 Å². The minimum atomic E-state index is -3.74. The maximum absolute atomic E-state index is 13.4. The Labute approximate surface area is 175 Å². The second-order valence-corrected chi connectivity index (χ2v) is 9.36. The fourth-order valence-electron chi connectivity index (χ4n) is 3.25. The number of hydrogen-bond acceptors (Lipinski definition) is 4. The van der Waals surface area contributed by atoms with Crippen LogP contribution in [0.15, 0.2) is 53.4 Å². The third-order valence-corrected chi connectivity index (χ3v) is 6.99. The molecular formula is C20H23ClFN3O3S. The number of rotatable bonds is 6. The van der Waals surface area contributed by atoms with Crippen LogP contribution in [0, 0.1) is 5.82 Å². The molecule has 29 heavy (non-hydrogen) atoms. The van der Waals surface area contributed by atoms with Gasteiger partial charge >= 0.3 is 0 Å². The number of nitrogens with one attached hydrogen (secondary N) is 1. The van der Waals surface area contributed by atoms with Crippen LogP contribution in [-0.4, -0.2) is 56.3 Å². The van der Waals surface area contributed by atoms with Crippen molar-refractivity contribution in [2.24, 2.45) is 0 Å². The normalized spacial score (nSPS) is 17.1. The van der Waals surface area contributed by atoms with Crippen LogP contribution >= 0.6 is 11.6 Å². The van der Waals surface area contributed by atoms with Crippen molar-refractivity contribution >= 4 is 27.5 Å². The van der Waals surface area contributed by atoms with Crippen molar-refractivity contribution in [3.8, 4) is 0 Å². The lowest BCUT2D eigenvalue weighted by atomic mass is 10.1. The number of amides is 1. The Bertz CT molecular complexity index is 978. The Hall–Kier alpha value is -2.00. The molecule has 1 fully saturated rings. The van der Waals surface area contributed by atoms with E-state index in [-0.39, 0.29) is 36.5 Å². The van der Waals surface area contributed by atoms with Gasteiger partial charge in [-0.05, 0) is 42.8 Å². The van der Waals surface area contributed by atoms with Gasteiger partial charge in [-0.1, -0.05) is 29.8 Å². The van der Waals surface area contributed by atoms with E-state index in [1.54, 1.807) is 6.07 Å². The SMILES string of the molecule is CC(NC(=O)CN1CCN(S(=O)(=O)c2cccc(F)c2)CC1)c1cccc(Cl)c1. The van der Waals surface area contributed by atoms with Crippen molar-refractivity contribution < 1.29 is 17.6 Å². The third-order valence-electron chi connectivity index (χ3n) is 4.86. The Morgan fingerprint density at radius 1 is 1.14 bits per heavy atom. The molecule has 1 unspecified atom stereocenters. The number of halogens is 2. The van der Waals surface area contributed by atoms with E-state index in [9.17, 15) is 17.6 Å². The Balaban J connectivity index is 1.52. The largest absolute Gasteiger partial charge is 0.348 e. The zero-order valence-corrected chi connectivity index (χ0v) is 17.6. The lowest BCUT2D eigenvalue weighted by molar-refractivity contribution is -0.123. The minimum Gasteiger partial charge on any atom is -0.348 e. The summed E-state index contributed by atoms with van der Waals surface area (Å²) in [7, 11) is -3.74. The first kappa shape index (κ1) is 21.7. The van der Waals surface area contributed by atoms with Crippen molar-refractivity contribution in [3.63, 3.8) is 0 Å². The highest BCUT2D eigenvalue weighted by molar-refractivity contribution is 7.89. The van der Waals surface area contributed by atoms with Crippen molar-refractivity contribution in [1.82, 2.24) is 14.5 Å². The molecule has 0 radical (unpaired) electrons. The Morgan fingerprint density at radius 3 is 2.48 bits per heavy atom. The van der Waals surface area contributed by atoms with E-state index in [4.69, 9.17) is 11.6 Å². The number of sulfonamides is 1. The van der Waals surface area contributed by atoms with Gasteiger partial charge < -0.3 is 5.32 Å². The van der Waals surface area contributed by atoms with Crippen LogP contribution in [0.5, 0.6) is 0 Å². The van der Waals surface area contributed by atoms with Gasteiger partial charge in [0.15, 0.2) is 0 Å². The zero-order chi connectivity index (χ0) is 21.0. The average Bonchev–Trinajstić information content (AvgIpc) is 2.68. The van der Waals surface area contributed by atoms with Crippen molar-refractivity contribution in [2.45, 2.75) is 17.9 Å². The molecule has 1 N–H and O–H groups in total. The van der Waals surface area contributed by atoms with Gasteiger partial charge in [0.1, 0.15) is 5.82 Å². The molecule has 156 valence electrons. The van der Waals surface area contributed by atoms with Crippen LogP contribution in [0.1, 0.15) is 18.5 Å². The summed E-state index contributed by atoms with van der Waals surface area (Å²) in [6.45, 7) is 3.40. The highest BCUT2D eigenvalue weighted by Crippen LogP contribution is 2.19. The van der Waals surface area contributed by atoms with Gasteiger partial charge in [0, 0.05) is 31.2 Å². The first-order chi connectivity index (χ1) is 13.8. The lowest BCUT2D eigenvalue weighted by Crippen LogP contribution is -2.51. The molecule has 1 aliphatic rings. The monoisotopic (exact) mass is 439 g/mol. The molecule has 6 nitrogen and oxygen atoms in total. The summed E-state index contributed by atoms with van der Waals surface area (Å²) in [6.07, 6.45) is 0. The molecule has 3 rings (SSSR count). The van der Waals surface area contributed by atoms with Crippen molar-refractivity contribution in [2.75, 3.05) is 32.7 Å². The molecule has 0 spiro atoms. The van der Waals surface area contributed by atoms with E-state index in [0.717, 1.165) is 11.6 Å². The van der Waals surface area contributed by atoms with Gasteiger partial charge in [0.2, 0.25) is 15.9 Å². The van der Waals surface area contributed by atoms with E-state index in [1.807, 2.05) is 30.0 Å². The standard InChI is InChI=1S/C20H23ClFN3O3S/c1-15(16-4-2-5-17(21)12-16)23-20(26)14-24-8-10-25(11-9-24)29(27,28)19-7-3-6-18(22)13-19/h2-7,12-13,15H,8-11,14H2,1H3,(H,23,26). The average molecular weight is 440 g/mol. The second kappa shape index (κ2) is 9.21.